The normalized spacial score (nSPS) is 29.9. The van der Waals surface area contributed by atoms with E-state index in [9.17, 15) is 10.2 Å². The van der Waals surface area contributed by atoms with Gasteiger partial charge < -0.3 is 10.2 Å². The SMILES string of the molecule is C=CC[C@@]1(O)CCCC[C@@H]1c1ccccc1.C=CC[C@@]1([18OH])CCCC[C@@H]1c1ccccc1. The number of hydrogen-bond donors (Lipinski definition) is 2. The lowest BCUT2D eigenvalue weighted by Crippen LogP contribution is -2.38. The molecule has 172 valence electrons. The van der Waals surface area contributed by atoms with Crippen LogP contribution in [-0.4, -0.2) is 21.4 Å². The molecule has 2 aliphatic carbocycles. The van der Waals surface area contributed by atoms with Gasteiger partial charge in [-0.1, -0.05) is 98.5 Å². The van der Waals surface area contributed by atoms with Crippen LogP contribution in [0.4, 0.5) is 0 Å². The number of rotatable bonds is 6. The first-order valence-corrected chi connectivity index (χ1v) is 12.3. The van der Waals surface area contributed by atoms with Crippen LogP contribution in [0.15, 0.2) is 86.0 Å². The van der Waals surface area contributed by atoms with Crippen LogP contribution in [0.1, 0.15) is 87.2 Å². The van der Waals surface area contributed by atoms with E-state index in [1.54, 1.807) is 0 Å². The van der Waals surface area contributed by atoms with Gasteiger partial charge >= 0.3 is 0 Å². The molecule has 2 aromatic rings. The van der Waals surface area contributed by atoms with Crippen molar-refractivity contribution in [3.8, 4) is 0 Å². The summed E-state index contributed by atoms with van der Waals surface area (Å²) in [6.45, 7) is 7.54. The van der Waals surface area contributed by atoms with Crippen molar-refractivity contribution in [1.82, 2.24) is 0 Å². The Kier molecular flexibility index (Phi) is 8.90. The van der Waals surface area contributed by atoms with Gasteiger partial charge in [-0.2, -0.15) is 0 Å². The highest BCUT2D eigenvalue weighted by Crippen LogP contribution is 2.44. The molecule has 0 spiro atoms. The highest BCUT2D eigenvalue weighted by atomic mass is 18.2. The van der Waals surface area contributed by atoms with Crippen molar-refractivity contribution in [2.75, 3.05) is 0 Å². The van der Waals surface area contributed by atoms with Crippen LogP contribution in [0.2, 0.25) is 0 Å². The standard InChI is InChI=1S/2C15H20O/c2*1-2-11-15(16)12-7-6-10-14(15)13-8-4-3-5-9-13/h2*2-5,8-9,14,16H,1,6-7,10-12H2/t2*14-,15-/m11/s1/i16+2;. The van der Waals surface area contributed by atoms with Crippen molar-refractivity contribution in [2.24, 2.45) is 0 Å². The smallest absolute Gasteiger partial charge is 0.0750 e. The fourth-order valence-electron chi connectivity index (χ4n) is 5.76. The highest BCUT2D eigenvalue weighted by Gasteiger charge is 2.39. The predicted molar refractivity (Wildman–Crippen MR) is 135 cm³/mol. The van der Waals surface area contributed by atoms with Crippen LogP contribution in [-0.2, 0) is 0 Å². The molecule has 4 rings (SSSR count). The van der Waals surface area contributed by atoms with Crippen molar-refractivity contribution in [1.29, 1.82) is 0 Å². The lowest BCUT2D eigenvalue weighted by Gasteiger charge is -2.40. The van der Waals surface area contributed by atoms with Gasteiger partial charge in [-0.05, 0) is 49.7 Å². The quantitative estimate of drug-likeness (QED) is 0.370. The van der Waals surface area contributed by atoms with Gasteiger partial charge in [0.1, 0.15) is 0 Å². The fourth-order valence-corrected chi connectivity index (χ4v) is 5.76. The Morgan fingerprint density at radius 2 is 1.25 bits per heavy atom. The minimum absolute atomic E-state index is 0.278. The third kappa shape index (κ3) is 5.99. The Balaban J connectivity index is 0.000000181. The maximum absolute atomic E-state index is 10.7. The van der Waals surface area contributed by atoms with E-state index in [0.717, 1.165) is 38.5 Å². The Bertz CT molecular complexity index is 759. The van der Waals surface area contributed by atoms with Gasteiger partial charge in [0.25, 0.3) is 0 Å². The zero-order chi connectivity index (χ0) is 22.9. The maximum atomic E-state index is 10.7. The molecule has 0 amide bonds. The van der Waals surface area contributed by atoms with Gasteiger partial charge in [-0.25, -0.2) is 0 Å². The zero-order valence-corrected chi connectivity index (χ0v) is 19.5. The molecular formula is C30H40O2. The molecule has 32 heavy (non-hydrogen) atoms. The first kappa shape index (κ1) is 24.5. The van der Waals surface area contributed by atoms with E-state index in [4.69, 9.17) is 0 Å². The summed E-state index contributed by atoms with van der Waals surface area (Å²) in [6, 6.07) is 20.8. The van der Waals surface area contributed by atoms with Crippen LogP contribution in [0, 0.1) is 0 Å². The van der Waals surface area contributed by atoms with E-state index >= 15 is 0 Å². The van der Waals surface area contributed by atoms with E-state index in [1.165, 1.54) is 24.0 Å². The molecule has 4 atom stereocenters. The molecule has 0 bridgehead atoms. The van der Waals surface area contributed by atoms with Gasteiger partial charge in [0.15, 0.2) is 0 Å². The third-order valence-electron chi connectivity index (χ3n) is 7.40. The Morgan fingerprint density at radius 3 is 1.81 bits per heavy atom. The second-order valence-corrected chi connectivity index (χ2v) is 9.61. The van der Waals surface area contributed by atoms with Gasteiger partial charge in [-0.15, -0.1) is 13.2 Å². The van der Waals surface area contributed by atoms with Crippen LogP contribution >= 0.6 is 0 Å². The third-order valence-corrected chi connectivity index (χ3v) is 7.40. The largest absolute Gasteiger partial charge is 0.389 e. The summed E-state index contributed by atoms with van der Waals surface area (Å²) in [5.41, 5.74) is 1.40. The van der Waals surface area contributed by atoms with Gasteiger partial charge in [0.2, 0.25) is 0 Å². The molecule has 2 nitrogen and oxygen atoms in total. The topological polar surface area (TPSA) is 40.5 Å². The van der Waals surface area contributed by atoms with E-state index in [1.807, 2.05) is 24.3 Å². The van der Waals surface area contributed by atoms with Gasteiger partial charge in [0.05, 0.1) is 11.2 Å². The second-order valence-electron chi connectivity index (χ2n) is 9.61. The average molecular weight is 435 g/mol. The first-order valence-electron chi connectivity index (χ1n) is 12.3. The Hall–Kier alpha value is -2.16. The number of benzene rings is 2. The van der Waals surface area contributed by atoms with E-state index < -0.39 is 11.2 Å². The molecule has 0 saturated heterocycles. The van der Waals surface area contributed by atoms with E-state index in [2.05, 4.69) is 61.7 Å². The van der Waals surface area contributed by atoms with Crippen LogP contribution in [0.5, 0.6) is 0 Å². The molecule has 0 radical (unpaired) electrons. The number of aliphatic hydroxyl groups is 2. The zero-order valence-electron chi connectivity index (χ0n) is 19.5. The monoisotopic (exact) mass is 434 g/mol. The maximum Gasteiger partial charge on any atom is 0.0750 e. The van der Waals surface area contributed by atoms with Gasteiger partial charge in [-0.3, -0.25) is 0 Å². The highest BCUT2D eigenvalue weighted by molar-refractivity contribution is 5.25. The van der Waals surface area contributed by atoms with Crippen LogP contribution in [0.25, 0.3) is 0 Å². The van der Waals surface area contributed by atoms with Gasteiger partial charge in [0, 0.05) is 11.8 Å². The molecule has 2 fully saturated rings. The lowest BCUT2D eigenvalue weighted by atomic mass is 9.70. The van der Waals surface area contributed by atoms with Crippen LogP contribution in [0.3, 0.4) is 0 Å². The average Bonchev–Trinajstić information content (AvgIpc) is 2.81. The Labute approximate surface area is 194 Å². The van der Waals surface area contributed by atoms with Crippen molar-refractivity contribution >= 4 is 0 Å². The minimum Gasteiger partial charge on any atom is -0.389 e. The van der Waals surface area contributed by atoms with Crippen molar-refractivity contribution in [3.05, 3.63) is 97.1 Å². The summed E-state index contributed by atoms with van der Waals surface area (Å²) in [4.78, 5) is 0. The predicted octanol–water partition coefficient (Wildman–Crippen LogP) is 7.30. The Morgan fingerprint density at radius 1 is 0.750 bits per heavy atom. The summed E-state index contributed by atoms with van der Waals surface area (Å²) in [5, 5.41) is 21.4. The molecule has 0 heterocycles. The summed E-state index contributed by atoms with van der Waals surface area (Å²) in [5.74, 6) is 0.556. The summed E-state index contributed by atoms with van der Waals surface area (Å²) in [6.07, 6.45) is 13.8. The van der Waals surface area contributed by atoms with Crippen molar-refractivity contribution < 1.29 is 10.2 Å². The summed E-state index contributed by atoms with van der Waals surface area (Å²) in [7, 11) is 0. The summed E-state index contributed by atoms with van der Waals surface area (Å²) >= 11 is 0. The van der Waals surface area contributed by atoms with Crippen molar-refractivity contribution in [2.45, 2.75) is 87.2 Å². The molecule has 2 aromatic carbocycles. The molecule has 0 unspecified atom stereocenters. The molecule has 2 heteroatoms. The van der Waals surface area contributed by atoms with E-state index in [0.29, 0.717) is 12.8 Å². The second kappa shape index (κ2) is 11.6. The van der Waals surface area contributed by atoms with Crippen molar-refractivity contribution in [3.63, 3.8) is 0 Å². The lowest BCUT2D eigenvalue weighted by molar-refractivity contribution is -0.0146. The van der Waals surface area contributed by atoms with E-state index in [-0.39, 0.29) is 11.8 Å². The number of hydrogen-bond acceptors (Lipinski definition) is 2. The van der Waals surface area contributed by atoms with Crippen LogP contribution < -0.4 is 0 Å². The molecular weight excluding hydrogens is 394 g/mol. The molecule has 2 N–H and O–H groups in total. The molecule has 2 saturated carbocycles. The molecule has 0 aliphatic heterocycles. The first-order chi connectivity index (χ1) is 15.5. The molecule has 2 aliphatic rings. The minimum atomic E-state index is -0.568. The summed E-state index contributed by atoms with van der Waals surface area (Å²) < 4.78 is 0. The fraction of sp³-hybridized carbons (Fsp3) is 0.467. The molecule has 0 aromatic heterocycles.